The maximum atomic E-state index is 13.1. The van der Waals surface area contributed by atoms with E-state index >= 15 is 0 Å². The fraction of sp³-hybridized carbons (Fsp3) is 0.0625. The van der Waals surface area contributed by atoms with Crippen LogP contribution in [0.4, 0.5) is 10.2 Å². The summed E-state index contributed by atoms with van der Waals surface area (Å²) in [4.78, 5) is 0. The van der Waals surface area contributed by atoms with Crippen LogP contribution in [0.2, 0.25) is 0 Å². The molecule has 1 aromatic heterocycles. The number of halogens is 2. The van der Waals surface area contributed by atoms with Crippen LogP contribution in [0.25, 0.3) is 22.4 Å². The normalized spacial score (nSPS) is 10.8. The molecule has 0 radical (unpaired) electrons. The largest absolute Gasteiger partial charge is 0.383 e. The van der Waals surface area contributed by atoms with Crippen molar-refractivity contribution >= 4 is 28.4 Å². The molecule has 0 fully saturated rings. The molecule has 0 atom stereocenters. The third kappa shape index (κ3) is 2.65. The number of nitrogens with zero attached hydrogens (tertiary/aromatic N) is 2. The summed E-state index contributed by atoms with van der Waals surface area (Å²) in [5.74, 6) is 0.299. The molecule has 0 saturated heterocycles. The summed E-state index contributed by atoms with van der Waals surface area (Å²) >= 11 is 2.26. The quantitative estimate of drug-likeness (QED) is 0.667. The van der Waals surface area contributed by atoms with Gasteiger partial charge in [-0.05, 0) is 52.4 Å². The third-order valence-corrected chi connectivity index (χ3v) is 3.99. The molecule has 0 saturated carbocycles. The summed E-state index contributed by atoms with van der Waals surface area (Å²) < 4.78 is 15.9. The Hall–Kier alpha value is -1.89. The molecule has 0 aliphatic heterocycles. The number of nitrogen functional groups attached to an aromatic ring is 1. The molecule has 0 unspecified atom stereocenters. The topological polar surface area (TPSA) is 43.8 Å². The van der Waals surface area contributed by atoms with Crippen LogP contribution in [0.5, 0.6) is 0 Å². The molecule has 3 nitrogen and oxygen atoms in total. The fourth-order valence-corrected chi connectivity index (χ4v) is 2.82. The van der Waals surface area contributed by atoms with Crippen LogP contribution in [-0.4, -0.2) is 9.78 Å². The smallest absolute Gasteiger partial charge is 0.129 e. The van der Waals surface area contributed by atoms with Gasteiger partial charge in [-0.2, -0.15) is 5.10 Å². The lowest BCUT2D eigenvalue weighted by atomic mass is 10.0. The van der Waals surface area contributed by atoms with Gasteiger partial charge >= 0.3 is 0 Å². The predicted molar refractivity (Wildman–Crippen MR) is 91.2 cm³/mol. The van der Waals surface area contributed by atoms with Gasteiger partial charge in [0.05, 0.1) is 5.56 Å². The Labute approximate surface area is 135 Å². The summed E-state index contributed by atoms with van der Waals surface area (Å²) in [6.07, 6.45) is 0. The minimum Gasteiger partial charge on any atom is -0.383 e. The Morgan fingerprint density at radius 2 is 1.81 bits per heavy atom. The minimum absolute atomic E-state index is 0.267. The summed E-state index contributed by atoms with van der Waals surface area (Å²) in [5.41, 5.74) is 9.64. The second-order valence-corrected chi connectivity index (χ2v) is 6.00. The maximum absolute atomic E-state index is 13.1. The van der Waals surface area contributed by atoms with Crippen LogP contribution in [0.3, 0.4) is 0 Å². The number of hydrogen-bond acceptors (Lipinski definition) is 2. The van der Waals surface area contributed by atoms with Crippen LogP contribution in [0.1, 0.15) is 0 Å². The molecule has 2 aromatic carbocycles. The van der Waals surface area contributed by atoms with Crippen LogP contribution in [0.15, 0.2) is 48.5 Å². The Morgan fingerprint density at radius 1 is 1.10 bits per heavy atom. The Bertz CT molecular complexity index is 794. The maximum Gasteiger partial charge on any atom is 0.129 e. The number of benzene rings is 2. The number of aryl methyl sites for hydroxylation is 1. The van der Waals surface area contributed by atoms with Gasteiger partial charge < -0.3 is 5.73 Å². The average molecular weight is 393 g/mol. The molecule has 3 rings (SSSR count). The van der Waals surface area contributed by atoms with E-state index in [9.17, 15) is 4.39 Å². The standard InChI is InChI=1S/C16H13FIN3/c1-21-16(19)14(10-5-7-12(17)8-6-10)15(20-21)11-3-2-4-13(18)9-11/h2-9H,19H2,1H3. The monoisotopic (exact) mass is 393 g/mol. The third-order valence-electron chi connectivity index (χ3n) is 3.32. The lowest BCUT2D eigenvalue weighted by Gasteiger charge is -2.05. The zero-order chi connectivity index (χ0) is 15.0. The predicted octanol–water partition coefficient (Wildman–Crippen LogP) is 4.08. The zero-order valence-corrected chi connectivity index (χ0v) is 13.5. The Morgan fingerprint density at radius 3 is 2.48 bits per heavy atom. The summed E-state index contributed by atoms with van der Waals surface area (Å²) in [6, 6.07) is 14.4. The first-order chi connectivity index (χ1) is 10.1. The number of nitrogens with two attached hydrogens (primary N) is 1. The lowest BCUT2D eigenvalue weighted by molar-refractivity contribution is 0.628. The zero-order valence-electron chi connectivity index (χ0n) is 11.3. The highest BCUT2D eigenvalue weighted by Crippen LogP contribution is 2.36. The van der Waals surface area contributed by atoms with E-state index in [1.807, 2.05) is 18.2 Å². The van der Waals surface area contributed by atoms with E-state index in [0.717, 1.165) is 26.0 Å². The van der Waals surface area contributed by atoms with Gasteiger partial charge in [0.15, 0.2) is 0 Å². The number of anilines is 1. The number of aromatic nitrogens is 2. The average Bonchev–Trinajstić information content (AvgIpc) is 2.76. The van der Waals surface area contributed by atoms with Gasteiger partial charge in [0.25, 0.3) is 0 Å². The number of hydrogen-bond donors (Lipinski definition) is 1. The van der Waals surface area contributed by atoms with Gasteiger partial charge in [-0.1, -0.05) is 24.3 Å². The fourth-order valence-electron chi connectivity index (χ4n) is 2.28. The van der Waals surface area contributed by atoms with Gasteiger partial charge in [0, 0.05) is 16.2 Å². The molecule has 0 spiro atoms. The second kappa shape index (κ2) is 5.48. The van der Waals surface area contributed by atoms with Crippen LogP contribution < -0.4 is 5.73 Å². The van der Waals surface area contributed by atoms with Crippen LogP contribution in [-0.2, 0) is 7.05 Å². The first-order valence-corrected chi connectivity index (χ1v) is 7.48. The van der Waals surface area contributed by atoms with E-state index in [2.05, 4.69) is 33.8 Å². The highest BCUT2D eigenvalue weighted by molar-refractivity contribution is 14.1. The summed E-state index contributed by atoms with van der Waals surface area (Å²) in [5, 5.41) is 4.51. The van der Waals surface area contributed by atoms with Crippen molar-refractivity contribution in [3.63, 3.8) is 0 Å². The van der Waals surface area contributed by atoms with Crippen molar-refractivity contribution in [1.82, 2.24) is 9.78 Å². The molecule has 5 heteroatoms. The van der Waals surface area contributed by atoms with Gasteiger partial charge in [-0.25, -0.2) is 4.39 Å². The SMILES string of the molecule is Cn1nc(-c2cccc(I)c2)c(-c2ccc(F)cc2)c1N. The second-order valence-electron chi connectivity index (χ2n) is 4.75. The molecular weight excluding hydrogens is 380 g/mol. The Kier molecular flexibility index (Phi) is 3.67. The van der Waals surface area contributed by atoms with Crippen molar-refractivity contribution in [1.29, 1.82) is 0 Å². The van der Waals surface area contributed by atoms with Crippen molar-refractivity contribution in [2.75, 3.05) is 5.73 Å². The van der Waals surface area contributed by atoms with Crippen molar-refractivity contribution in [2.45, 2.75) is 0 Å². The van der Waals surface area contributed by atoms with E-state index in [-0.39, 0.29) is 5.82 Å². The molecule has 0 aliphatic carbocycles. The summed E-state index contributed by atoms with van der Waals surface area (Å²) in [7, 11) is 1.81. The van der Waals surface area contributed by atoms with Crippen molar-refractivity contribution in [2.24, 2.45) is 7.05 Å². The molecule has 21 heavy (non-hydrogen) atoms. The highest BCUT2D eigenvalue weighted by Gasteiger charge is 2.17. The Balaban J connectivity index is 2.23. The first-order valence-electron chi connectivity index (χ1n) is 6.40. The van der Waals surface area contributed by atoms with Crippen molar-refractivity contribution < 1.29 is 4.39 Å². The minimum atomic E-state index is -0.267. The van der Waals surface area contributed by atoms with Crippen LogP contribution >= 0.6 is 22.6 Å². The van der Waals surface area contributed by atoms with E-state index < -0.39 is 0 Å². The molecular formula is C16H13FIN3. The van der Waals surface area contributed by atoms with Gasteiger partial charge in [-0.3, -0.25) is 4.68 Å². The summed E-state index contributed by atoms with van der Waals surface area (Å²) in [6.45, 7) is 0. The van der Waals surface area contributed by atoms with E-state index in [0.29, 0.717) is 5.82 Å². The molecule has 1 heterocycles. The van der Waals surface area contributed by atoms with Gasteiger partial charge in [-0.15, -0.1) is 0 Å². The van der Waals surface area contributed by atoms with Gasteiger partial charge in [0.2, 0.25) is 0 Å². The molecule has 106 valence electrons. The molecule has 3 aromatic rings. The molecule has 0 amide bonds. The van der Waals surface area contributed by atoms with Gasteiger partial charge in [0.1, 0.15) is 17.3 Å². The van der Waals surface area contributed by atoms with E-state index in [4.69, 9.17) is 5.73 Å². The molecule has 2 N–H and O–H groups in total. The molecule has 0 bridgehead atoms. The van der Waals surface area contributed by atoms with E-state index in [1.54, 1.807) is 23.9 Å². The lowest BCUT2D eigenvalue weighted by Crippen LogP contribution is -1.97. The highest BCUT2D eigenvalue weighted by atomic mass is 127. The number of rotatable bonds is 2. The van der Waals surface area contributed by atoms with Crippen molar-refractivity contribution in [3.8, 4) is 22.4 Å². The first kappa shape index (κ1) is 14.1. The van der Waals surface area contributed by atoms with Crippen LogP contribution in [0, 0.1) is 9.39 Å². The van der Waals surface area contributed by atoms with E-state index in [1.165, 1.54) is 12.1 Å². The molecule has 0 aliphatic rings. The van der Waals surface area contributed by atoms with Crippen molar-refractivity contribution in [3.05, 3.63) is 57.9 Å².